The number of nitrogens with zero attached hydrogens (tertiary/aromatic N) is 1. The molecule has 5 atom stereocenters. The van der Waals surface area contributed by atoms with Gasteiger partial charge < -0.3 is 14.7 Å². The Morgan fingerprint density at radius 1 is 1.19 bits per heavy atom. The number of carboxylic acids is 1. The molecule has 0 radical (unpaired) electrons. The van der Waals surface area contributed by atoms with Gasteiger partial charge in [0.1, 0.15) is 12.1 Å². The van der Waals surface area contributed by atoms with Gasteiger partial charge in [0.25, 0.3) is 0 Å². The lowest BCUT2D eigenvalue weighted by Gasteiger charge is -2.29. The SMILES string of the molecule is CCOC(=O)C(CCc1ccccc1)NC(C)C(=O)N1CC2CCCCC2[C@H]1C(=O)O. The average molecular weight is 431 g/mol. The van der Waals surface area contributed by atoms with Crippen LogP contribution in [0, 0.1) is 11.8 Å². The second kappa shape index (κ2) is 10.8. The lowest BCUT2D eigenvalue weighted by molar-refractivity contribution is -0.151. The standard InChI is InChI=1S/C24H34N2O5/c1-3-31-24(30)20(14-13-17-9-5-4-6-10-17)25-16(2)22(27)26-15-18-11-7-8-12-19(18)21(26)23(28)29/h4-6,9-10,16,18-21,25H,3,7-8,11-15H2,1-2H3,(H,28,29)/t16?,18?,19?,20?,21-/m0/s1. The van der Waals surface area contributed by atoms with E-state index in [0.29, 0.717) is 19.4 Å². The third kappa shape index (κ3) is 5.64. The largest absolute Gasteiger partial charge is 0.480 e. The molecular formula is C24H34N2O5. The van der Waals surface area contributed by atoms with Gasteiger partial charge in [-0.05, 0) is 56.9 Å². The van der Waals surface area contributed by atoms with Gasteiger partial charge in [-0.2, -0.15) is 0 Å². The summed E-state index contributed by atoms with van der Waals surface area (Å²) in [4.78, 5) is 39.3. The van der Waals surface area contributed by atoms with Crippen LogP contribution < -0.4 is 5.32 Å². The highest BCUT2D eigenvalue weighted by Crippen LogP contribution is 2.40. The lowest BCUT2D eigenvalue weighted by atomic mass is 9.78. The molecule has 0 aromatic heterocycles. The summed E-state index contributed by atoms with van der Waals surface area (Å²) in [6.07, 6.45) is 5.11. The van der Waals surface area contributed by atoms with Crippen LogP contribution >= 0.6 is 0 Å². The van der Waals surface area contributed by atoms with E-state index in [1.807, 2.05) is 30.3 Å². The molecule has 170 valence electrons. The zero-order valence-corrected chi connectivity index (χ0v) is 18.5. The number of hydrogen-bond donors (Lipinski definition) is 2. The average Bonchev–Trinajstić information content (AvgIpc) is 3.16. The molecule has 2 N–H and O–H groups in total. The molecule has 1 saturated carbocycles. The van der Waals surface area contributed by atoms with E-state index >= 15 is 0 Å². The maximum atomic E-state index is 13.2. The smallest absolute Gasteiger partial charge is 0.326 e. The molecule has 7 heteroatoms. The summed E-state index contributed by atoms with van der Waals surface area (Å²) in [7, 11) is 0. The minimum absolute atomic E-state index is 0.0290. The Morgan fingerprint density at radius 3 is 2.58 bits per heavy atom. The van der Waals surface area contributed by atoms with Crippen molar-refractivity contribution in [3.8, 4) is 0 Å². The summed E-state index contributed by atoms with van der Waals surface area (Å²) in [5.74, 6) is -1.29. The van der Waals surface area contributed by atoms with Crippen molar-refractivity contribution in [2.75, 3.05) is 13.2 Å². The maximum Gasteiger partial charge on any atom is 0.326 e. The second-order valence-corrected chi connectivity index (χ2v) is 8.70. The van der Waals surface area contributed by atoms with Crippen molar-refractivity contribution in [3.63, 3.8) is 0 Å². The highest BCUT2D eigenvalue weighted by Gasteiger charge is 2.49. The number of carbonyl (C=O) groups is 3. The molecule has 4 unspecified atom stereocenters. The highest BCUT2D eigenvalue weighted by atomic mass is 16.5. The van der Waals surface area contributed by atoms with Crippen LogP contribution in [-0.2, 0) is 25.5 Å². The van der Waals surface area contributed by atoms with Crippen molar-refractivity contribution in [1.29, 1.82) is 0 Å². The van der Waals surface area contributed by atoms with Gasteiger partial charge in [-0.1, -0.05) is 43.2 Å². The number of ether oxygens (including phenoxy) is 1. The first-order valence-corrected chi connectivity index (χ1v) is 11.4. The normalized spacial score (nSPS) is 24.8. The zero-order chi connectivity index (χ0) is 22.4. The number of aliphatic carboxylic acids is 1. The summed E-state index contributed by atoms with van der Waals surface area (Å²) >= 11 is 0. The topological polar surface area (TPSA) is 95.9 Å². The molecule has 31 heavy (non-hydrogen) atoms. The summed E-state index contributed by atoms with van der Waals surface area (Å²) < 4.78 is 5.21. The molecule has 3 rings (SSSR count). The van der Waals surface area contributed by atoms with E-state index in [1.165, 1.54) is 4.90 Å². The van der Waals surface area contributed by atoms with E-state index in [0.717, 1.165) is 31.2 Å². The predicted octanol–water partition coefficient (Wildman–Crippen LogP) is 2.63. The third-order valence-corrected chi connectivity index (χ3v) is 6.63. The van der Waals surface area contributed by atoms with Gasteiger partial charge in [0.15, 0.2) is 0 Å². The quantitative estimate of drug-likeness (QED) is 0.585. The Morgan fingerprint density at radius 2 is 1.90 bits per heavy atom. The number of likely N-dealkylation sites (tertiary alicyclic amines) is 1. The molecule has 1 aliphatic carbocycles. The summed E-state index contributed by atoms with van der Waals surface area (Å²) in [6, 6.07) is 7.77. The first-order chi connectivity index (χ1) is 14.9. The molecule has 1 saturated heterocycles. The van der Waals surface area contributed by atoms with E-state index in [1.54, 1.807) is 13.8 Å². The fourth-order valence-electron chi connectivity index (χ4n) is 5.11. The van der Waals surface area contributed by atoms with E-state index in [2.05, 4.69) is 5.32 Å². The van der Waals surface area contributed by atoms with Crippen molar-refractivity contribution >= 4 is 17.8 Å². The molecule has 1 aliphatic heterocycles. The monoisotopic (exact) mass is 430 g/mol. The maximum absolute atomic E-state index is 13.2. The highest BCUT2D eigenvalue weighted by molar-refractivity contribution is 5.88. The van der Waals surface area contributed by atoms with Crippen LogP contribution in [0.1, 0.15) is 51.5 Å². The van der Waals surface area contributed by atoms with Crippen molar-refractivity contribution < 1.29 is 24.2 Å². The number of esters is 1. The first kappa shape index (κ1) is 23.3. The summed E-state index contributed by atoms with van der Waals surface area (Å²) in [5.41, 5.74) is 1.10. The van der Waals surface area contributed by atoms with Gasteiger partial charge in [0.05, 0.1) is 12.6 Å². The van der Waals surface area contributed by atoms with E-state index in [-0.39, 0.29) is 30.3 Å². The number of hydrogen-bond acceptors (Lipinski definition) is 5. The van der Waals surface area contributed by atoms with Crippen LogP contribution in [0.5, 0.6) is 0 Å². The summed E-state index contributed by atoms with van der Waals surface area (Å²) in [6.45, 7) is 4.21. The van der Waals surface area contributed by atoms with E-state index < -0.39 is 24.1 Å². The molecule has 7 nitrogen and oxygen atoms in total. The molecular weight excluding hydrogens is 396 g/mol. The Bertz CT molecular complexity index is 768. The molecule has 2 fully saturated rings. The Hall–Kier alpha value is -2.41. The van der Waals surface area contributed by atoms with Crippen LogP contribution in [0.3, 0.4) is 0 Å². The molecule has 2 aliphatic rings. The molecule has 1 aromatic carbocycles. The minimum atomic E-state index is -0.930. The number of fused-ring (bicyclic) bond motifs is 1. The van der Waals surface area contributed by atoms with Gasteiger partial charge in [-0.15, -0.1) is 0 Å². The van der Waals surface area contributed by atoms with Gasteiger partial charge in [-0.3, -0.25) is 14.9 Å². The fourth-order valence-corrected chi connectivity index (χ4v) is 5.11. The zero-order valence-electron chi connectivity index (χ0n) is 18.5. The van der Waals surface area contributed by atoms with Gasteiger partial charge >= 0.3 is 11.9 Å². The van der Waals surface area contributed by atoms with E-state index in [4.69, 9.17) is 4.74 Å². The predicted molar refractivity (Wildman–Crippen MR) is 116 cm³/mol. The molecule has 1 aromatic rings. The van der Waals surface area contributed by atoms with E-state index in [9.17, 15) is 19.5 Å². The Labute approximate surface area is 184 Å². The van der Waals surface area contributed by atoms with Gasteiger partial charge in [0.2, 0.25) is 5.91 Å². The van der Waals surface area contributed by atoms with Gasteiger partial charge in [-0.25, -0.2) is 4.79 Å². The van der Waals surface area contributed by atoms with Crippen LogP contribution in [-0.4, -0.2) is 59.1 Å². The fraction of sp³-hybridized carbons (Fsp3) is 0.625. The number of benzene rings is 1. The number of rotatable bonds is 9. The number of carbonyl (C=O) groups excluding carboxylic acids is 2. The summed E-state index contributed by atoms with van der Waals surface area (Å²) in [5, 5.41) is 12.9. The molecule has 1 heterocycles. The number of carboxylic acid groups (broad SMARTS) is 1. The minimum Gasteiger partial charge on any atom is -0.480 e. The Kier molecular flexibility index (Phi) is 8.07. The van der Waals surface area contributed by atoms with Crippen molar-refractivity contribution in [2.24, 2.45) is 11.8 Å². The van der Waals surface area contributed by atoms with Crippen LogP contribution in [0.15, 0.2) is 30.3 Å². The van der Waals surface area contributed by atoms with Crippen molar-refractivity contribution in [2.45, 2.75) is 70.5 Å². The van der Waals surface area contributed by atoms with Crippen LogP contribution in [0.2, 0.25) is 0 Å². The van der Waals surface area contributed by atoms with Crippen LogP contribution in [0.4, 0.5) is 0 Å². The second-order valence-electron chi connectivity index (χ2n) is 8.70. The van der Waals surface area contributed by atoms with Crippen molar-refractivity contribution in [1.82, 2.24) is 10.2 Å². The molecule has 1 amide bonds. The first-order valence-electron chi connectivity index (χ1n) is 11.4. The molecule has 0 bridgehead atoms. The third-order valence-electron chi connectivity index (χ3n) is 6.63. The van der Waals surface area contributed by atoms with Crippen LogP contribution in [0.25, 0.3) is 0 Å². The Balaban J connectivity index is 1.67. The molecule has 0 spiro atoms. The van der Waals surface area contributed by atoms with Crippen molar-refractivity contribution in [3.05, 3.63) is 35.9 Å². The number of amides is 1. The number of nitrogens with one attached hydrogen (secondary N) is 1. The lowest BCUT2D eigenvalue weighted by Crippen LogP contribution is -2.54. The number of aryl methyl sites for hydroxylation is 1. The van der Waals surface area contributed by atoms with Gasteiger partial charge in [0, 0.05) is 6.54 Å².